The number of nitrogens with one attached hydrogen (secondary N) is 2. The molecule has 4 rings (SSSR count). The molecule has 27 heavy (non-hydrogen) atoms. The summed E-state index contributed by atoms with van der Waals surface area (Å²) in [4.78, 5) is 12.2. The molecule has 8 heteroatoms. The van der Waals surface area contributed by atoms with Crippen LogP contribution in [0.15, 0.2) is 36.7 Å². The number of aromatic amines is 1. The summed E-state index contributed by atoms with van der Waals surface area (Å²) in [5.41, 5.74) is 3.99. The molecule has 7 nitrogen and oxygen atoms in total. The van der Waals surface area contributed by atoms with Crippen LogP contribution in [0.4, 0.5) is 5.82 Å². The molecule has 140 valence electrons. The SMILES string of the molecule is COc1ccc(-c2[nH]ncc2C2SCC(=O)Nc3c2cnn3C(C)C)cc1. The van der Waals surface area contributed by atoms with Gasteiger partial charge in [-0.3, -0.25) is 9.89 Å². The average molecular weight is 383 g/mol. The van der Waals surface area contributed by atoms with E-state index in [0.29, 0.717) is 5.75 Å². The number of benzene rings is 1. The van der Waals surface area contributed by atoms with Crippen molar-refractivity contribution in [1.29, 1.82) is 0 Å². The molecule has 0 aliphatic carbocycles. The third-order valence-electron chi connectivity index (χ3n) is 4.56. The van der Waals surface area contributed by atoms with Crippen LogP contribution in [-0.2, 0) is 4.79 Å². The van der Waals surface area contributed by atoms with E-state index in [-0.39, 0.29) is 17.2 Å². The van der Waals surface area contributed by atoms with Gasteiger partial charge in [-0.1, -0.05) is 0 Å². The number of nitrogens with zero attached hydrogens (tertiary/aromatic N) is 3. The maximum Gasteiger partial charge on any atom is 0.235 e. The number of fused-ring (bicyclic) bond motifs is 1. The van der Waals surface area contributed by atoms with Crippen LogP contribution in [0.2, 0.25) is 0 Å². The molecule has 2 N–H and O–H groups in total. The lowest BCUT2D eigenvalue weighted by Gasteiger charge is -2.15. The van der Waals surface area contributed by atoms with Crippen LogP contribution in [0.1, 0.15) is 36.3 Å². The molecule has 1 aromatic carbocycles. The Hall–Kier alpha value is -2.74. The first-order valence-corrected chi connectivity index (χ1v) is 9.80. The molecule has 0 fully saturated rings. The normalized spacial score (nSPS) is 16.7. The van der Waals surface area contributed by atoms with Gasteiger partial charge in [0.1, 0.15) is 11.6 Å². The zero-order valence-corrected chi connectivity index (χ0v) is 16.2. The van der Waals surface area contributed by atoms with E-state index in [2.05, 4.69) is 20.6 Å². The molecule has 0 bridgehead atoms. The molecule has 1 atom stereocenters. The van der Waals surface area contributed by atoms with Crippen LogP contribution in [0, 0.1) is 0 Å². The maximum atomic E-state index is 12.2. The lowest BCUT2D eigenvalue weighted by atomic mass is 10.0. The van der Waals surface area contributed by atoms with Gasteiger partial charge in [-0.05, 0) is 38.1 Å². The lowest BCUT2D eigenvalue weighted by Crippen LogP contribution is -2.17. The molecular formula is C19H21N5O2S. The third-order valence-corrected chi connectivity index (χ3v) is 5.83. The largest absolute Gasteiger partial charge is 0.497 e. The number of rotatable bonds is 4. The van der Waals surface area contributed by atoms with Crippen LogP contribution in [0.5, 0.6) is 5.75 Å². The van der Waals surface area contributed by atoms with E-state index in [4.69, 9.17) is 4.74 Å². The number of aromatic nitrogens is 4. The van der Waals surface area contributed by atoms with Crippen molar-refractivity contribution in [3.63, 3.8) is 0 Å². The van der Waals surface area contributed by atoms with Crippen molar-refractivity contribution < 1.29 is 9.53 Å². The highest BCUT2D eigenvalue weighted by Crippen LogP contribution is 2.44. The smallest absolute Gasteiger partial charge is 0.235 e. The first-order valence-electron chi connectivity index (χ1n) is 8.75. The van der Waals surface area contributed by atoms with Gasteiger partial charge in [-0.25, -0.2) is 4.68 Å². The summed E-state index contributed by atoms with van der Waals surface area (Å²) in [5, 5.41) is 14.9. The van der Waals surface area contributed by atoms with E-state index in [1.165, 1.54) is 0 Å². The molecule has 0 saturated carbocycles. The number of methoxy groups -OCH3 is 1. The topological polar surface area (TPSA) is 84.8 Å². The monoisotopic (exact) mass is 383 g/mol. The Morgan fingerprint density at radius 3 is 2.70 bits per heavy atom. The van der Waals surface area contributed by atoms with E-state index >= 15 is 0 Å². The standard InChI is InChI=1S/C19H21N5O2S/c1-11(2)24-19-15(9-21-24)18(27-10-16(25)22-19)14-8-20-23-17(14)12-4-6-13(26-3)7-5-12/h4-9,11,18H,10H2,1-3H3,(H,20,23)(H,22,25). The van der Waals surface area contributed by atoms with Gasteiger partial charge in [0.05, 0.1) is 36.2 Å². The fourth-order valence-corrected chi connectivity index (χ4v) is 4.35. The van der Waals surface area contributed by atoms with Crippen molar-refractivity contribution in [3.05, 3.63) is 47.8 Å². The number of anilines is 1. The summed E-state index contributed by atoms with van der Waals surface area (Å²) >= 11 is 1.58. The molecule has 1 aliphatic heterocycles. The molecule has 1 aliphatic rings. The van der Waals surface area contributed by atoms with Gasteiger partial charge in [0, 0.05) is 22.7 Å². The quantitative estimate of drug-likeness (QED) is 0.718. The first-order chi connectivity index (χ1) is 13.1. The number of carbonyl (C=O) groups excluding carboxylic acids is 1. The summed E-state index contributed by atoms with van der Waals surface area (Å²) in [6.45, 7) is 4.10. The van der Waals surface area contributed by atoms with E-state index < -0.39 is 0 Å². The molecule has 1 unspecified atom stereocenters. The van der Waals surface area contributed by atoms with Crippen LogP contribution in [-0.4, -0.2) is 38.7 Å². The number of hydrogen-bond acceptors (Lipinski definition) is 5. The lowest BCUT2D eigenvalue weighted by molar-refractivity contribution is -0.113. The maximum absolute atomic E-state index is 12.2. The Balaban J connectivity index is 1.78. The highest BCUT2D eigenvalue weighted by atomic mass is 32.2. The summed E-state index contributed by atoms with van der Waals surface area (Å²) in [6.07, 6.45) is 3.69. The Bertz CT molecular complexity index is 961. The number of ether oxygens (including phenoxy) is 1. The third kappa shape index (κ3) is 3.21. The Morgan fingerprint density at radius 1 is 1.22 bits per heavy atom. The van der Waals surface area contributed by atoms with Crippen molar-refractivity contribution >= 4 is 23.5 Å². The van der Waals surface area contributed by atoms with Crippen LogP contribution < -0.4 is 10.1 Å². The number of amides is 1. The summed E-state index contributed by atoms with van der Waals surface area (Å²) < 4.78 is 7.11. The van der Waals surface area contributed by atoms with Gasteiger partial charge in [0.25, 0.3) is 0 Å². The molecule has 3 heterocycles. The van der Waals surface area contributed by atoms with Gasteiger partial charge in [-0.2, -0.15) is 10.2 Å². The molecule has 1 amide bonds. The number of H-pyrrole nitrogens is 1. The Labute approximate surface area is 161 Å². The minimum atomic E-state index is -0.0395. The van der Waals surface area contributed by atoms with E-state index in [1.807, 2.05) is 55.2 Å². The van der Waals surface area contributed by atoms with Crippen molar-refractivity contribution in [2.75, 3.05) is 18.2 Å². The Morgan fingerprint density at radius 2 is 2.00 bits per heavy atom. The number of thioether (sulfide) groups is 1. The van der Waals surface area contributed by atoms with Crippen molar-refractivity contribution in [3.8, 4) is 17.0 Å². The van der Waals surface area contributed by atoms with Gasteiger partial charge in [0.2, 0.25) is 5.91 Å². The van der Waals surface area contributed by atoms with Crippen molar-refractivity contribution in [2.24, 2.45) is 0 Å². The minimum absolute atomic E-state index is 0.0133. The molecule has 2 aromatic heterocycles. The van der Waals surface area contributed by atoms with Crippen molar-refractivity contribution in [2.45, 2.75) is 25.1 Å². The van der Waals surface area contributed by atoms with Crippen LogP contribution >= 0.6 is 11.8 Å². The first kappa shape index (κ1) is 17.7. The molecule has 0 radical (unpaired) electrons. The fraction of sp³-hybridized carbons (Fsp3) is 0.316. The number of hydrogen-bond donors (Lipinski definition) is 2. The second-order valence-corrected chi connectivity index (χ2v) is 7.75. The van der Waals surface area contributed by atoms with Crippen LogP contribution in [0.25, 0.3) is 11.3 Å². The second kappa shape index (κ2) is 7.11. The van der Waals surface area contributed by atoms with Gasteiger partial charge in [0.15, 0.2) is 0 Å². The molecular weight excluding hydrogens is 362 g/mol. The summed E-state index contributed by atoms with van der Waals surface area (Å²) in [7, 11) is 1.65. The molecule has 0 spiro atoms. The summed E-state index contributed by atoms with van der Waals surface area (Å²) in [5.74, 6) is 1.94. The fourth-order valence-electron chi connectivity index (χ4n) is 3.25. The second-order valence-electron chi connectivity index (χ2n) is 6.65. The zero-order valence-electron chi connectivity index (χ0n) is 15.4. The van der Waals surface area contributed by atoms with E-state index in [0.717, 1.165) is 34.0 Å². The molecule has 0 saturated heterocycles. The number of carbonyl (C=O) groups is 1. The van der Waals surface area contributed by atoms with E-state index in [1.54, 1.807) is 18.9 Å². The predicted molar refractivity (Wildman–Crippen MR) is 106 cm³/mol. The Kier molecular flexibility index (Phi) is 4.65. The van der Waals surface area contributed by atoms with E-state index in [9.17, 15) is 4.79 Å². The van der Waals surface area contributed by atoms with Crippen LogP contribution in [0.3, 0.4) is 0 Å². The van der Waals surface area contributed by atoms with Crippen molar-refractivity contribution in [1.82, 2.24) is 20.0 Å². The minimum Gasteiger partial charge on any atom is -0.497 e. The van der Waals surface area contributed by atoms with Gasteiger partial charge >= 0.3 is 0 Å². The highest BCUT2D eigenvalue weighted by molar-refractivity contribution is 8.00. The van der Waals surface area contributed by atoms with Gasteiger partial charge in [-0.15, -0.1) is 11.8 Å². The zero-order chi connectivity index (χ0) is 19.0. The average Bonchev–Trinajstić information content (AvgIpc) is 3.27. The van der Waals surface area contributed by atoms with Gasteiger partial charge < -0.3 is 10.1 Å². The predicted octanol–water partition coefficient (Wildman–Crippen LogP) is 3.64. The molecule has 3 aromatic rings. The summed E-state index contributed by atoms with van der Waals surface area (Å²) in [6, 6.07) is 8.00. The highest BCUT2D eigenvalue weighted by Gasteiger charge is 2.30.